The molecule has 0 saturated heterocycles. The number of rotatable bonds is 5. The zero-order valence-electron chi connectivity index (χ0n) is 10.4. The van der Waals surface area contributed by atoms with Crippen LogP contribution in [0, 0.1) is 5.82 Å². The van der Waals surface area contributed by atoms with Crippen LogP contribution >= 0.6 is 34.5 Å². The zero-order valence-corrected chi connectivity index (χ0v) is 12.7. The third-order valence-corrected chi connectivity index (χ3v) is 4.76. The van der Waals surface area contributed by atoms with Gasteiger partial charge in [0.15, 0.2) is 0 Å². The minimum Gasteiger partial charge on any atom is -0.309 e. The molecule has 19 heavy (non-hydrogen) atoms. The van der Waals surface area contributed by atoms with Gasteiger partial charge in [0, 0.05) is 10.9 Å². The maximum Gasteiger partial charge on any atom is 0.142 e. The molecule has 0 amide bonds. The van der Waals surface area contributed by atoms with E-state index in [0.29, 0.717) is 6.42 Å². The maximum absolute atomic E-state index is 13.5. The number of benzene rings is 1. The van der Waals surface area contributed by atoms with E-state index in [-0.39, 0.29) is 16.9 Å². The van der Waals surface area contributed by atoms with Crippen LogP contribution in [0.1, 0.15) is 23.4 Å². The Morgan fingerprint density at radius 1 is 1.32 bits per heavy atom. The fourth-order valence-corrected chi connectivity index (χ4v) is 3.45. The summed E-state index contributed by atoms with van der Waals surface area (Å²) in [7, 11) is 0. The largest absolute Gasteiger partial charge is 0.309 e. The molecule has 0 aliphatic rings. The van der Waals surface area contributed by atoms with Gasteiger partial charge in [-0.1, -0.05) is 42.3 Å². The van der Waals surface area contributed by atoms with Gasteiger partial charge in [0.1, 0.15) is 5.82 Å². The summed E-state index contributed by atoms with van der Waals surface area (Å²) >= 11 is 13.8. The number of nitrogens with one attached hydrogen (secondary N) is 1. The normalized spacial score (nSPS) is 12.6. The van der Waals surface area contributed by atoms with Crippen LogP contribution < -0.4 is 5.32 Å². The first-order valence-electron chi connectivity index (χ1n) is 6.02. The molecular weight excluding hydrogens is 304 g/mol. The summed E-state index contributed by atoms with van der Waals surface area (Å²) in [5.74, 6) is -0.383. The topological polar surface area (TPSA) is 12.0 Å². The predicted octanol–water partition coefficient (Wildman–Crippen LogP) is 5.09. The standard InChI is InChI=1S/C14H14Cl2FNS/c1-2-18-12(14-10(15)6-7-19-14)8-9-4-3-5-11(17)13(9)16/h3-7,12,18H,2,8H2,1H3. The van der Waals surface area contributed by atoms with Crippen LogP contribution in [-0.4, -0.2) is 6.54 Å². The molecule has 5 heteroatoms. The number of halogens is 3. The molecule has 0 fully saturated rings. The van der Waals surface area contributed by atoms with Gasteiger partial charge in [-0.05, 0) is 36.0 Å². The van der Waals surface area contributed by atoms with E-state index in [4.69, 9.17) is 23.2 Å². The minimum atomic E-state index is -0.383. The Kier molecular flexibility index (Phi) is 5.22. The zero-order chi connectivity index (χ0) is 13.8. The molecule has 1 N–H and O–H groups in total. The fraction of sp³-hybridized carbons (Fsp3) is 0.286. The highest BCUT2D eigenvalue weighted by Gasteiger charge is 2.18. The second kappa shape index (κ2) is 6.71. The van der Waals surface area contributed by atoms with Crippen molar-refractivity contribution in [3.8, 4) is 0 Å². The molecule has 2 aromatic rings. The molecule has 1 aromatic carbocycles. The van der Waals surface area contributed by atoms with E-state index in [2.05, 4.69) is 5.32 Å². The lowest BCUT2D eigenvalue weighted by Crippen LogP contribution is -2.22. The van der Waals surface area contributed by atoms with E-state index in [0.717, 1.165) is 22.0 Å². The van der Waals surface area contributed by atoms with Gasteiger partial charge in [-0.15, -0.1) is 11.3 Å². The van der Waals surface area contributed by atoms with Crippen LogP contribution in [0.25, 0.3) is 0 Å². The molecule has 0 bridgehead atoms. The molecule has 0 radical (unpaired) electrons. The quantitative estimate of drug-likeness (QED) is 0.810. The molecule has 102 valence electrons. The van der Waals surface area contributed by atoms with Crippen molar-refractivity contribution < 1.29 is 4.39 Å². The van der Waals surface area contributed by atoms with E-state index in [1.165, 1.54) is 6.07 Å². The van der Waals surface area contributed by atoms with Gasteiger partial charge in [0.2, 0.25) is 0 Å². The molecule has 0 aliphatic heterocycles. The first-order valence-corrected chi connectivity index (χ1v) is 7.66. The van der Waals surface area contributed by atoms with Crippen molar-refractivity contribution in [3.63, 3.8) is 0 Å². The lowest BCUT2D eigenvalue weighted by molar-refractivity contribution is 0.555. The molecule has 1 unspecified atom stereocenters. The van der Waals surface area contributed by atoms with Gasteiger partial charge < -0.3 is 5.32 Å². The molecule has 1 nitrogen and oxygen atoms in total. The Morgan fingerprint density at radius 2 is 2.11 bits per heavy atom. The smallest absolute Gasteiger partial charge is 0.142 e. The van der Waals surface area contributed by atoms with Gasteiger partial charge in [0.05, 0.1) is 10.0 Å². The van der Waals surface area contributed by atoms with E-state index >= 15 is 0 Å². The molecule has 0 spiro atoms. The number of likely N-dealkylation sites (N-methyl/N-ethyl adjacent to an activating group) is 1. The van der Waals surface area contributed by atoms with Crippen molar-refractivity contribution in [3.05, 3.63) is 55.9 Å². The van der Waals surface area contributed by atoms with Crippen LogP contribution in [0.3, 0.4) is 0 Å². The predicted molar refractivity (Wildman–Crippen MR) is 80.9 cm³/mol. The third kappa shape index (κ3) is 3.48. The van der Waals surface area contributed by atoms with Crippen molar-refractivity contribution in [1.29, 1.82) is 0 Å². The molecule has 1 aromatic heterocycles. The van der Waals surface area contributed by atoms with Gasteiger partial charge in [0.25, 0.3) is 0 Å². The van der Waals surface area contributed by atoms with Crippen LogP contribution in [-0.2, 0) is 6.42 Å². The van der Waals surface area contributed by atoms with E-state index < -0.39 is 0 Å². The molecule has 0 aliphatic carbocycles. The summed E-state index contributed by atoms with van der Waals surface area (Å²) in [6.45, 7) is 2.84. The second-order valence-corrected chi connectivity index (χ2v) is 5.89. The lowest BCUT2D eigenvalue weighted by atomic mass is 10.0. The summed E-state index contributed by atoms with van der Waals surface area (Å²) in [6.07, 6.45) is 0.616. The minimum absolute atomic E-state index is 0.0526. The van der Waals surface area contributed by atoms with Crippen LogP contribution in [0.15, 0.2) is 29.6 Å². The lowest BCUT2D eigenvalue weighted by Gasteiger charge is -2.18. The van der Waals surface area contributed by atoms with Crippen molar-refractivity contribution in [2.24, 2.45) is 0 Å². The van der Waals surface area contributed by atoms with Gasteiger partial charge in [-0.3, -0.25) is 0 Å². The van der Waals surface area contributed by atoms with Crippen LogP contribution in [0.5, 0.6) is 0 Å². The maximum atomic E-state index is 13.5. The summed E-state index contributed by atoms with van der Waals surface area (Å²) in [5.41, 5.74) is 0.789. The summed E-state index contributed by atoms with van der Waals surface area (Å²) < 4.78 is 13.5. The molecular formula is C14H14Cl2FNS. The Hall–Kier alpha value is -0.610. The Balaban J connectivity index is 2.27. The summed E-state index contributed by atoms with van der Waals surface area (Å²) in [5, 5.41) is 6.25. The second-order valence-electron chi connectivity index (χ2n) is 4.16. The summed E-state index contributed by atoms with van der Waals surface area (Å²) in [4.78, 5) is 1.06. The molecule has 2 rings (SSSR count). The average Bonchev–Trinajstić information content (AvgIpc) is 2.80. The van der Waals surface area contributed by atoms with Gasteiger partial charge >= 0.3 is 0 Å². The highest BCUT2D eigenvalue weighted by atomic mass is 35.5. The highest BCUT2D eigenvalue weighted by molar-refractivity contribution is 7.10. The third-order valence-electron chi connectivity index (χ3n) is 2.87. The van der Waals surface area contributed by atoms with Crippen molar-refractivity contribution in [1.82, 2.24) is 5.32 Å². The fourth-order valence-electron chi connectivity index (χ4n) is 1.98. The highest BCUT2D eigenvalue weighted by Crippen LogP contribution is 2.32. The Bertz CT molecular complexity index is 556. The molecule has 0 saturated carbocycles. The van der Waals surface area contributed by atoms with Crippen molar-refractivity contribution in [2.45, 2.75) is 19.4 Å². The first-order chi connectivity index (χ1) is 9.13. The monoisotopic (exact) mass is 317 g/mol. The SMILES string of the molecule is CCNC(Cc1cccc(F)c1Cl)c1sccc1Cl. The van der Waals surface area contributed by atoms with Crippen molar-refractivity contribution in [2.75, 3.05) is 6.54 Å². The van der Waals surface area contributed by atoms with E-state index in [9.17, 15) is 4.39 Å². The molecule has 1 heterocycles. The van der Waals surface area contributed by atoms with Crippen molar-refractivity contribution >= 4 is 34.5 Å². The average molecular weight is 318 g/mol. The Labute approximate surface area is 126 Å². The number of thiophene rings is 1. The van der Waals surface area contributed by atoms with E-state index in [1.54, 1.807) is 17.4 Å². The van der Waals surface area contributed by atoms with Crippen LogP contribution in [0.4, 0.5) is 4.39 Å². The first kappa shape index (κ1) is 14.8. The Morgan fingerprint density at radius 3 is 2.74 bits per heavy atom. The molecule has 1 atom stereocenters. The van der Waals surface area contributed by atoms with E-state index in [1.807, 2.05) is 24.4 Å². The number of hydrogen-bond acceptors (Lipinski definition) is 2. The van der Waals surface area contributed by atoms with Gasteiger partial charge in [-0.2, -0.15) is 0 Å². The number of hydrogen-bond donors (Lipinski definition) is 1. The summed E-state index contributed by atoms with van der Waals surface area (Å²) in [6, 6.07) is 6.81. The van der Waals surface area contributed by atoms with Crippen LogP contribution in [0.2, 0.25) is 10.0 Å². The van der Waals surface area contributed by atoms with Gasteiger partial charge in [-0.25, -0.2) is 4.39 Å².